The zero-order valence-corrected chi connectivity index (χ0v) is 21.9. The van der Waals surface area contributed by atoms with Gasteiger partial charge in [-0.05, 0) is 61.1 Å². The summed E-state index contributed by atoms with van der Waals surface area (Å²) in [6.07, 6.45) is -2.63. The first kappa shape index (κ1) is 27.6. The van der Waals surface area contributed by atoms with Crippen LogP contribution in [0.15, 0.2) is 48.7 Å². The fourth-order valence-electron chi connectivity index (χ4n) is 4.64. The normalized spacial score (nSPS) is 14.4. The Morgan fingerprint density at radius 2 is 1.98 bits per heavy atom. The Balaban J connectivity index is 1.54. The largest absolute Gasteiger partial charge is 0.494 e. The molecule has 2 N–H and O–H groups in total. The number of alkyl halides is 3. The smallest absolute Gasteiger partial charge is 0.390 e. The SMILES string of the molecule is COc1ccc(C(O)c2cc(NCCC(F)(F)F)c3ncc(-c4ccc(C(=O)CC5CC5)c(C)c4)n3n2)cc1F. The lowest BCUT2D eigenvalue weighted by Crippen LogP contribution is -2.16. The van der Waals surface area contributed by atoms with Crippen molar-refractivity contribution < 1.29 is 32.2 Å². The topological polar surface area (TPSA) is 88.8 Å². The number of imidazole rings is 1. The molecule has 2 heterocycles. The summed E-state index contributed by atoms with van der Waals surface area (Å²) in [5.41, 5.74) is 3.34. The molecule has 7 nitrogen and oxygen atoms in total. The summed E-state index contributed by atoms with van der Waals surface area (Å²) < 4.78 is 59.3. The molecule has 1 unspecified atom stereocenters. The number of nitrogens with one attached hydrogen (secondary N) is 1. The van der Waals surface area contributed by atoms with Crippen molar-refractivity contribution in [3.05, 3.63) is 76.9 Å². The van der Waals surface area contributed by atoms with Crippen LogP contribution in [0.5, 0.6) is 5.75 Å². The van der Waals surface area contributed by atoms with Crippen LogP contribution in [0.4, 0.5) is 23.2 Å². The van der Waals surface area contributed by atoms with E-state index >= 15 is 0 Å². The maximum atomic E-state index is 14.4. The molecule has 0 amide bonds. The first-order valence-electron chi connectivity index (χ1n) is 12.9. The second-order valence-electron chi connectivity index (χ2n) is 10.1. The molecule has 210 valence electrons. The van der Waals surface area contributed by atoms with Crippen LogP contribution in [0.1, 0.15) is 59.0 Å². The number of aromatic nitrogens is 3. The third-order valence-electron chi connectivity index (χ3n) is 6.98. The lowest BCUT2D eigenvalue weighted by molar-refractivity contribution is -0.131. The Morgan fingerprint density at radius 3 is 2.62 bits per heavy atom. The number of fused-ring (bicyclic) bond motifs is 1. The van der Waals surface area contributed by atoms with Gasteiger partial charge in [-0.25, -0.2) is 13.9 Å². The maximum Gasteiger partial charge on any atom is 0.390 e. The van der Waals surface area contributed by atoms with Crippen molar-refractivity contribution in [1.82, 2.24) is 14.6 Å². The lowest BCUT2D eigenvalue weighted by atomic mass is 9.98. The van der Waals surface area contributed by atoms with Gasteiger partial charge in [-0.2, -0.15) is 18.3 Å². The number of Topliss-reactive ketones (excluding diaryl/α,β-unsaturated/α-hetero) is 1. The van der Waals surface area contributed by atoms with E-state index < -0.39 is 31.1 Å². The molecule has 0 radical (unpaired) electrons. The van der Waals surface area contributed by atoms with E-state index in [0.29, 0.717) is 29.2 Å². The number of aliphatic hydroxyl groups is 1. The molecule has 1 aliphatic rings. The van der Waals surface area contributed by atoms with Crippen molar-refractivity contribution in [2.24, 2.45) is 5.92 Å². The summed E-state index contributed by atoms with van der Waals surface area (Å²) in [5, 5.41) is 18.4. The second-order valence-corrected chi connectivity index (χ2v) is 10.1. The summed E-state index contributed by atoms with van der Waals surface area (Å²) in [7, 11) is 1.32. The highest BCUT2D eigenvalue weighted by Gasteiger charge is 2.27. The summed E-state index contributed by atoms with van der Waals surface area (Å²) in [6.45, 7) is 1.42. The van der Waals surface area contributed by atoms with E-state index in [-0.39, 0.29) is 34.1 Å². The van der Waals surface area contributed by atoms with E-state index in [4.69, 9.17) is 4.74 Å². The van der Waals surface area contributed by atoms with Crippen LogP contribution in [-0.2, 0) is 0 Å². The van der Waals surface area contributed by atoms with E-state index in [1.807, 2.05) is 13.0 Å². The fourth-order valence-corrected chi connectivity index (χ4v) is 4.64. The summed E-state index contributed by atoms with van der Waals surface area (Å²) in [6, 6.07) is 10.7. The second kappa shape index (κ2) is 10.9. The van der Waals surface area contributed by atoms with Crippen molar-refractivity contribution in [3.8, 4) is 17.0 Å². The van der Waals surface area contributed by atoms with E-state index in [0.717, 1.165) is 24.5 Å². The number of anilines is 1. The average molecular weight is 557 g/mol. The van der Waals surface area contributed by atoms with E-state index in [2.05, 4.69) is 15.4 Å². The highest BCUT2D eigenvalue weighted by atomic mass is 19.4. The molecule has 1 aliphatic carbocycles. The standard InChI is InChI=1S/C29H28F4N4O3/c1-16-11-18(5-7-20(16)25(38)12-17-3-4-17)24-15-35-28-23(34-10-9-29(31,32)33)14-22(36-37(24)28)27(39)19-6-8-26(40-2)21(30)13-19/h5-8,11,13-15,17,27,34,39H,3-4,9-10,12H2,1-2H3. The van der Waals surface area contributed by atoms with Gasteiger partial charge >= 0.3 is 6.18 Å². The number of carbonyl (C=O) groups excluding carboxylic acids is 1. The van der Waals surface area contributed by atoms with Crippen LogP contribution >= 0.6 is 0 Å². The number of methoxy groups -OCH3 is 1. The third kappa shape index (κ3) is 5.94. The van der Waals surface area contributed by atoms with Crippen molar-refractivity contribution >= 4 is 17.1 Å². The number of aryl methyl sites for hydroxylation is 1. The molecule has 11 heteroatoms. The number of ether oxygens (including phenoxy) is 1. The molecule has 5 rings (SSSR count). The van der Waals surface area contributed by atoms with Crippen molar-refractivity contribution in [3.63, 3.8) is 0 Å². The van der Waals surface area contributed by atoms with Crippen LogP contribution in [0.2, 0.25) is 0 Å². The number of aliphatic hydroxyl groups excluding tert-OH is 1. The molecular weight excluding hydrogens is 528 g/mol. The number of benzene rings is 2. The van der Waals surface area contributed by atoms with Gasteiger partial charge < -0.3 is 15.2 Å². The lowest BCUT2D eigenvalue weighted by Gasteiger charge is -2.16. The summed E-state index contributed by atoms with van der Waals surface area (Å²) >= 11 is 0. The van der Waals surface area contributed by atoms with Crippen molar-refractivity contribution in [2.75, 3.05) is 19.0 Å². The molecule has 2 aromatic carbocycles. The van der Waals surface area contributed by atoms with Crippen LogP contribution in [0.25, 0.3) is 16.9 Å². The molecule has 0 saturated heterocycles. The van der Waals surface area contributed by atoms with Gasteiger partial charge in [0, 0.05) is 24.1 Å². The average Bonchev–Trinajstić information content (AvgIpc) is 3.61. The van der Waals surface area contributed by atoms with E-state index in [1.165, 1.54) is 36.0 Å². The fraction of sp³-hybridized carbons (Fsp3) is 0.345. The minimum Gasteiger partial charge on any atom is -0.494 e. The quantitative estimate of drug-likeness (QED) is 0.177. The molecule has 4 aromatic rings. The number of ketones is 1. The minimum absolute atomic E-state index is 0.000179. The van der Waals surface area contributed by atoms with Gasteiger partial charge in [-0.15, -0.1) is 0 Å². The number of carbonyl (C=O) groups is 1. The zero-order chi connectivity index (χ0) is 28.6. The highest BCUT2D eigenvalue weighted by Crippen LogP contribution is 2.35. The summed E-state index contributed by atoms with van der Waals surface area (Å²) in [5.74, 6) is -0.128. The molecule has 1 fully saturated rings. The van der Waals surface area contributed by atoms with Crippen LogP contribution in [-0.4, -0.2) is 45.3 Å². The Bertz CT molecular complexity index is 1560. The monoisotopic (exact) mass is 556 g/mol. The molecule has 1 atom stereocenters. The molecule has 40 heavy (non-hydrogen) atoms. The van der Waals surface area contributed by atoms with Gasteiger partial charge in [-0.3, -0.25) is 4.79 Å². The van der Waals surface area contributed by atoms with Crippen LogP contribution < -0.4 is 10.1 Å². The van der Waals surface area contributed by atoms with Crippen molar-refractivity contribution in [2.45, 2.75) is 44.9 Å². The molecule has 0 aliphatic heterocycles. The molecule has 0 spiro atoms. The molecular formula is C29H28F4N4O3. The summed E-state index contributed by atoms with van der Waals surface area (Å²) in [4.78, 5) is 17.1. The predicted molar refractivity (Wildman–Crippen MR) is 141 cm³/mol. The molecule has 0 bridgehead atoms. The van der Waals surface area contributed by atoms with Crippen LogP contribution in [0, 0.1) is 18.7 Å². The Kier molecular flexibility index (Phi) is 7.50. The van der Waals surface area contributed by atoms with Gasteiger partial charge in [0.15, 0.2) is 23.0 Å². The number of nitrogens with zero attached hydrogens (tertiary/aromatic N) is 3. The maximum absolute atomic E-state index is 14.4. The minimum atomic E-state index is -4.37. The predicted octanol–water partition coefficient (Wildman–Crippen LogP) is 6.28. The Hall–Kier alpha value is -3.99. The number of hydrogen-bond acceptors (Lipinski definition) is 6. The van der Waals surface area contributed by atoms with Gasteiger partial charge in [0.05, 0.1) is 36.8 Å². The molecule has 1 saturated carbocycles. The van der Waals surface area contributed by atoms with Gasteiger partial charge in [0.25, 0.3) is 0 Å². The van der Waals surface area contributed by atoms with Gasteiger partial charge in [0.1, 0.15) is 6.10 Å². The van der Waals surface area contributed by atoms with Gasteiger partial charge in [0.2, 0.25) is 0 Å². The van der Waals surface area contributed by atoms with E-state index in [9.17, 15) is 27.5 Å². The first-order valence-corrected chi connectivity index (χ1v) is 12.9. The Morgan fingerprint density at radius 1 is 1.20 bits per heavy atom. The third-order valence-corrected chi connectivity index (χ3v) is 6.98. The molecule has 2 aromatic heterocycles. The zero-order valence-electron chi connectivity index (χ0n) is 21.9. The highest BCUT2D eigenvalue weighted by molar-refractivity contribution is 5.98. The number of halogens is 4. The van der Waals surface area contributed by atoms with Crippen LogP contribution in [0.3, 0.4) is 0 Å². The van der Waals surface area contributed by atoms with Gasteiger partial charge in [-0.1, -0.05) is 18.2 Å². The Labute approximate surface area is 227 Å². The van der Waals surface area contributed by atoms with E-state index in [1.54, 1.807) is 12.1 Å². The van der Waals surface area contributed by atoms with Crippen molar-refractivity contribution in [1.29, 1.82) is 0 Å². The first-order chi connectivity index (χ1) is 19.0. The number of hydrogen-bond donors (Lipinski definition) is 2. The number of rotatable bonds is 10.